The van der Waals surface area contributed by atoms with Gasteiger partial charge in [0.1, 0.15) is 0 Å². The van der Waals surface area contributed by atoms with Crippen molar-refractivity contribution in [2.24, 2.45) is 11.8 Å². The Morgan fingerprint density at radius 1 is 1.14 bits per heavy atom. The highest BCUT2D eigenvalue weighted by atomic mass is 32.2. The van der Waals surface area contributed by atoms with Gasteiger partial charge in [0.05, 0.1) is 16.0 Å². The second kappa shape index (κ2) is 7.06. The average Bonchev–Trinajstić information content (AvgIpc) is 2.45. The first kappa shape index (κ1) is 16.7. The van der Waals surface area contributed by atoms with E-state index in [1.54, 1.807) is 0 Å². The fourth-order valence-corrected chi connectivity index (χ4v) is 5.41. The molecule has 5 atom stereocenters. The quantitative estimate of drug-likeness (QED) is 0.913. The Morgan fingerprint density at radius 2 is 1.76 bits per heavy atom. The van der Waals surface area contributed by atoms with E-state index in [1.165, 1.54) is 12.0 Å². The Kier molecular flexibility index (Phi) is 5.61. The first-order valence-electron chi connectivity index (χ1n) is 8.11. The van der Waals surface area contributed by atoms with Crippen LogP contribution in [-0.2, 0) is 10.8 Å². The van der Waals surface area contributed by atoms with Crippen LogP contribution in [-0.4, -0.2) is 22.5 Å². The average molecular weight is 308 g/mol. The number of nitrogens with one attached hydrogen (secondary N) is 1. The summed E-state index contributed by atoms with van der Waals surface area (Å²) in [6, 6.07) is 8.73. The van der Waals surface area contributed by atoms with Crippen molar-refractivity contribution < 1.29 is 4.21 Å². The molecule has 1 aromatic rings. The minimum Gasteiger partial charge on any atom is -0.316 e. The van der Waals surface area contributed by atoms with Crippen molar-refractivity contribution in [2.45, 2.75) is 62.6 Å². The van der Waals surface area contributed by atoms with Crippen molar-refractivity contribution in [1.82, 2.24) is 5.32 Å². The van der Waals surface area contributed by atoms with Gasteiger partial charge in [-0.25, -0.2) is 0 Å². The first-order chi connectivity index (χ1) is 9.93. The monoisotopic (exact) mass is 307 g/mol. The molecule has 1 aliphatic carbocycles. The predicted octanol–water partition coefficient (Wildman–Crippen LogP) is 3.94. The molecular formula is C18H29NOS. The van der Waals surface area contributed by atoms with Gasteiger partial charge in [0.25, 0.3) is 0 Å². The molecule has 0 bridgehead atoms. The van der Waals surface area contributed by atoms with Gasteiger partial charge in [-0.05, 0) is 55.3 Å². The van der Waals surface area contributed by atoms with Gasteiger partial charge in [0, 0.05) is 10.9 Å². The molecule has 0 heterocycles. The molecule has 0 saturated heterocycles. The van der Waals surface area contributed by atoms with Crippen LogP contribution in [0.15, 0.2) is 29.2 Å². The molecule has 1 N–H and O–H groups in total. The van der Waals surface area contributed by atoms with E-state index in [-0.39, 0.29) is 5.25 Å². The van der Waals surface area contributed by atoms with Crippen LogP contribution in [0.25, 0.3) is 0 Å². The fraction of sp³-hybridized carbons (Fsp3) is 0.667. The van der Waals surface area contributed by atoms with Gasteiger partial charge < -0.3 is 5.32 Å². The molecule has 3 heteroatoms. The molecular weight excluding hydrogens is 278 g/mol. The SMILES string of the molecule is CNC1CC(C)CC(C)C1S(=O)c1ccc(C(C)C)cc1. The zero-order valence-corrected chi connectivity index (χ0v) is 14.7. The van der Waals surface area contributed by atoms with E-state index in [0.29, 0.717) is 23.8 Å². The minimum absolute atomic E-state index is 0.219. The third-order valence-electron chi connectivity index (χ3n) is 4.78. The first-order valence-corrected chi connectivity index (χ1v) is 9.33. The summed E-state index contributed by atoms with van der Waals surface area (Å²) in [6.07, 6.45) is 2.31. The number of rotatable bonds is 4. The van der Waals surface area contributed by atoms with Crippen LogP contribution < -0.4 is 5.32 Å². The number of benzene rings is 1. The zero-order chi connectivity index (χ0) is 15.6. The van der Waals surface area contributed by atoms with E-state index in [0.717, 1.165) is 11.3 Å². The number of hydrogen-bond acceptors (Lipinski definition) is 2. The molecule has 0 spiro atoms. The largest absolute Gasteiger partial charge is 0.316 e. The van der Waals surface area contributed by atoms with Crippen LogP contribution in [0.5, 0.6) is 0 Å². The molecule has 0 aromatic heterocycles. The third-order valence-corrected chi connectivity index (χ3v) is 6.81. The summed E-state index contributed by atoms with van der Waals surface area (Å²) in [5, 5.41) is 3.62. The van der Waals surface area contributed by atoms with Crippen molar-refractivity contribution >= 4 is 10.8 Å². The van der Waals surface area contributed by atoms with Crippen LogP contribution in [0.3, 0.4) is 0 Å². The van der Waals surface area contributed by atoms with Crippen LogP contribution >= 0.6 is 0 Å². The van der Waals surface area contributed by atoms with Crippen molar-refractivity contribution in [3.8, 4) is 0 Å². The summed E-state index contributed by atoms with van der Waals surface area (Å²) in [6.45, 7) is 8.93. The fourth-order valence-electron chi connectivity index (χ4n) is 3.62. The molecule has 1 saturated carbocycles. The molecule has 1 aliphatic rings. The third kappa shape index (κ3) is 3.75. The second-order valence-corrected chi connectivity index (χ2v) is 8.55. The van der Waals surface area contributed by atoms with Crippen LogP contribution in [0.2, 0.25) is 0 Å². The maximum atomic E-state index is 13.0. The molecule has 118 valence electrons. The molecule has 1 fully saturated rings. The van der Waals surface area contributed by atoms with Crippen LogP contribution in [0.1, 0.15) is 52.0 Å². The van der Waals surface area contributed by atoms with E-state index in [2.05, 4.69) is 57.3 Å². The van der Waals surface area contributed by atoms with E-state index in [1.807, 2.05) is 7.05 Å². The Morgan fingerprint density at radius 3 is 2.29 bits per heavy atom. The Labute approximate surface area is 132 Å². The van der Waals surface area contributed by atoms with Crippen LogP contribution in [0.4, 0.5) is 0 Å². The summed E-state index contributed by atoms with van der Waals surface area (Å²) in [4.78, 5) is 0.978. The zero-order valence-electron chi connectivity index (χ0n) is 13.9. The lowest BCUT2D eigenvalue weighted by Gasteiger charge is -2.38. The van der Waals surface area contributed by atoms with Gasteiger partial charge in [-0.15, -0.1) is 0 Å². The Bertz CT molecular complexity index is 482. The standard InChI is InChI=1S/C18H29NOS/c1-12(2)15-6-8-16(9-7-15)21(20)18-14(4)10-13(3)11-17(18)19-5/h6-9,12-14,17-19H,10-11H2,1-5H3. The van der Waals surface area contributed by atoms with Crippen LogP contribution in [0, 0.1) is 11.8 Å². The van der Waals surface area contributed by atoms with Crippen molar-refractivity contribution in [3.63, 3.8) is 0 Å². The van der Waals surface area contributed by atoms with Crippen molar-refractivity contribution in [2.75, 3.05) is 7.05 Å². The molecule has 21 heavy (non-hydrogen) atoms. The molecule has 0 radical (unpaired) electrons. The summed E-state index contributed by atoms with van der Waals surface area (Å²) < 4.78 is 13.0. The van der Waals surface area contributed by atoms with Gasteiger partial charge in [-0.1, -0.05) is 39.8 Å². The number of hydrogen-bond donors (Lipinski definition) is 1. The molecule has 0 aliphatic heterocycles. The molecule has 1 aromatic carbocycles. The highest BCUT2D eigenvalue weighted by Gasteiger charge is 2.37. The second-order valence-electron chi connectivity index (χ2n) is 6.93. The van der Waals surface area contributed by atoms with E-state index in [4.69, 9.17) is 0 Å². The van der Waals surface area contributed by atoms with Gasteiger partial charge in [-0.2, -0.15) is 0 Å². The van der Waals surface area contributed by atoms with Gasteiger partial charge >= 0.3 is 0 Å². The topological polar surface area (TPSA) is 29.1 Å². The van der Waals surface area contributed by atoms with Crippen molar-refractivity contribution in [1.29, 1.82) is 0 Å². The minimum atomic E-state index is -0.929. The lowest BCUT2D eigenvalue weighted by molar-refractivity contribution is 0.253. The van der Waals surface area contributed by atoms with Gasteiger partial charge in [0.15, 0.2) is 0 Å². The summed E-state index contributed by atoms with van der Waals surface area (Å²) in [7, 11) is 1.07. The Hall–Kier alpha value is -0.670. The van der Waals surface area contributed by atoms with E-state index in [9.17, 15) is 4.21 Å². The van der Waals surface area contributed by atoms with Gasteiger partial charge in [0.2, 0.25) is 0 Å². The van der Waals surface area contributed by atoms with E-state index < -0.39 is 10.8 Å². The summed E-state index contributed by atoms with van der Waals surface area (Å²) in [5.41, 5.74) is 1.31. The van der Waals surface area contributed by atoms with Gasteiger partial charge in [-0.3, -0.25) is 4.21 Å². The summed E-state index contributed by atoms with van der Waals surface area (Å²) in [5.74, 6) is 1.73. The maximum Gasteiger partial charge on any atom is 0.0579 e. The van der Waals surface area contributed by atoms with E-state index >= 15 is 0 Å². The molecule has 5 unspecified atom stereocenters. The summed E-state index contributed by atoms with van der Waals surface area (Å²) >= 11 is 0. The lowest BCUT2D eigenvalue weighted by atomic mass is 9.80. The van der Waals surface area contributed by atoms with Crippen molar-refractivity contribution in [3.05, 3.63) is 29.8 Å². The Balaban J connectivity index is 2.20. The predicted molar refractivity (Wildman–Crippen MR) is 91.1 cm³/mol. The molecule has 2 nitrogen and oxygen atoms in total. The highest BCUT2D eigenvalue weighted by Crippen LogP contribution is 2.34. The smallest absolute Gasteiger partial charge is 0.0579 e. The highest BCUT2D eigenvalue weighted by molar-refractivity contribution is 7.85. The molecule has 0 amide bonds. The lowest BCUT2D eigenvalue weighted by Crippen LogP contribution is -2.48. The molecule has 2 rings (SSSR count). The normalized spacial score (nSPS) is 31.3. The maximum absolute atomic E-state index is 13.0.